The summed E-state index contributed by atoms with van der Waals surface area (Å²) in [6, 6.07) is 1.75. The van der Waals surface area contributed by atoms with Crippen molar-refractivity contribution in [3.05, 3.63) is 39.0 Å². The lowest BCUT2D eigenvalue weighted by atomic mass is 10.4. The van der Waals surface area contributed by atoms with Crippen molar-refractivity contribution >= 4 is 21.6 Å². The van der Waals surface area contributed by atoms with Crippen LogP contribution in [0.5, 0.6) is 0 Å². The predicted molar refractivity (Wildman–Crippen MR) is 61.0 cm³/mol. The topological polar surface area (TPSA) is 73.0 Å². The van der Waals surface area contributed by atoms with Gasteiger partial charge in [0.15, 0.2) is 5.76 Å². The van der Waals surface area contributed by atoms with Gasteiger partial charge in [-0.05, 0) is 15.9 Å². The van der Waals surface area contributed by atoms with Gasteiger partial charge in [-0.25, -0.2) is 4.68 Å². The average molecular weight is 285 g/mol. The summed E-state index contributed by atoms with van der Waals surface area (Å²) in [5, 5.41) is 10.5. The van der Waals surface area contributed by atoms with Crippen LogP contribution in [0.15, 0.2) is 32.3 Å². The van der Waals surface area contributed by atoms with Crippen molar-refractivity contribution in [2.45, 2.75) is 6.54 Å². The van der Waals surface area contributed by atoms with Gasteiger partial charge >= 0.3 is 0 Å². The molecule has 2 heterocycles. The lowest BCUT2D eigenvalue weighted by Crippen LogP contribution is -2.21. The molecule has 0 aliphatic rings. The Morgan fingerprint density at radius 1 is 1.62 bits per heavy atom. The van der Waals surface area contributed by atoms with Crippen molar-refractivity contribution in [3.63, 3.8) is 0 Å². The molecule has 0 spiro atoms. The van der Waals surface area contributed by atoms with E-state index in [9.17, 15) is 4.79 Å². The normalized spacial score (nSPS) is 10.4. The number of anilines is 1. The van der Waals surface area contributed by atoms with Gasteiger partial charge in [-0.2, -0.15) is 5.10 Å². The number of aryl methyl sites for hydroxylation is 1. The second-order valence-corrected chi connectivity index (χ2v) is 3.93. The smallest absolute Gasteiger partial charge is 0.282 e. The maximum absolute atomic E-state index is 11.5. The molecule has 0 atom stereocenters. The van der Waals surface area contributed by atoms with E-state index < -0.39 is 0 Å². The highest BCUT2D eigenvalue weighted by Crippen LogP contribution is 2.16. The third-order valence-corrected chi connectivity index (χ3v) is 2.79. The summed E-state index contributed by atoms with van der Waals surface area (Å²) in [4.78, 5) is 11.5. The quantitative estimate of drug-likeness (QED) is 0.915. The molecule has 0 unspecified atom stereocenters. The molecular weight excluding hydrogens is 276 g/mol. The fraction of sp³-hybridized carbons (Fsp3) is 0.222. The second-order valence-electron chi connectivity index (χ2n) is 3.13. The number of halogens is 1. The SMILES string of the molecule is Cn1ncc(NCc2ccno2)c(Br)c1=O. The molecule has 16 heavy (non-hydrogen) atoms. The third-order valence-electron chi connectivity index (χ3n) is 2.02. The first-order valence-electron chi connectivity index (χ1n) is 4.53. The fourth-order valence-electron chi connectivity index (χ4n) is 1.15. The highest BCUT2D eigenvalue weighted by atomic mass is 79.9. The lowest BCUT2D eigenvalue weighted by molar-refractivity contribution is 0.388. The molecule has 0 aliphatic heterocycles. The summed E-state index contributed by atoms with van der Waals surface area (Å²) in [5.41, 5.74) is 0.432. The summed E-state index contributed by atoms with van der Waals surface area (Å²) in [5.74, 6) is 0.688. The molecule has 0 aromatic carbocycles. The third kappa shape index (κ3) is 2.13. The summed E-state index contributed by atoms with van der Waals surface area (Å²) in [6.07, 6.45) is 3.14. The molecule has 0 saturated heterocycles. The van der Waals surface area contributed by atoms with Gasteiger partial charge in [0.1, 0.15) is 4.47 Å². The summed E-state index contributed by atoms with van der Waals surface area (Å²) >= 11 is 3.21. The fourth-order valence-corrected chi connectivity index (χ4v) is 1.65. The Labute approximate surface area is 99.4 Å². The van der Waals surface area contributed by atoms with Gasteiger partial charge in [0.2, 0.25) is 0 Å². The zero-order valence-electron chi connectivity index (χ0n) is 8.48. The Kier molecular flexibility index (Phi) is 3.04. The number of hydrogen-bond acceptors (Lipinski definition) is 5. The molecule has 0 bridgehead atoms. The number of hydrogen-bond donors (Lipinski definition) is 1. The molecule has 0 radical (unpaired) electrons. The van der Waals surface area contributed by atoms with Crippen LogP contribution in [0.2, 0.25) is 0 Å². The molecule has 7 heteroatoms. The van der Waals surface area contributed by atoms with Crippen LogP contribution in [0.25, 0.3) is 0 Å². The molecule has 0 aliphatic carbocycles. The van der Waals surface area contributed by atoms with Crippen LogP contribution in [0.4, 0.5) is 5.69 Å². The molecule has 2 aromatic heterocycles. The minimum Gasteiger partial charge on any atom is -0.375 e. The summed E-state index contributed by atoms with van der Waals surface area (Å²) in [7, 11) is 1.59. The van der Waals surface area contributed by atoms with Crippen LogP contribution in [0.1, 0.15) is 5.76 Å². The largest absolute Gasteiger partial charge is 0.375 e. The maximum atomic E-state index is 11.5. The summed E-state index contributed by atoms with van der Waals surface area (Å²) in [6.45, 7) is 0.452. The number of nitrogens with one attached hydrogen (secondary N) is 1. The van der Waals surface area contributed by atoms with Crippen molar-refractivity contribution < 1.29 is 4.52 Å². The molecule has 6 nitrogen and oxygen atoms in total. The van der Waals surface area contributed by atoms with E-state index in [2.05, 4.69) is 31.5 Å². The van der Waals surface area contributed by atoms with Gasteiger partial charge < -0.3 is 9.84 Å². The number of nitrogens with zero attached hydrogens (tertiary/aromatic N) is 3. The molecule has 84 valence electrons. The molecule has 0 saturated carbocycles. The second kappa shape index (κ2) is 4.48. The zero-order chi connectivity index (χ0) is 11.5. The molecular formula is C9H9BrN4O2. The van der Waals surface area contributed by atoms with Crippen LogP contribution in [0, 0.1) is 0 Å². The minimum absolute atomic E-state index is 0.192. The van der Waals surface area contributed by atoms with Gasteiger partial charge in [-0.3, -0.25) is 4.79 Å². The highest BCUT2D eigenvalue weighted by molar-refractivity contribution is 9.10. The molecule has 2 rings (SSSR count). The first kappa shape index (κ1) is 10.9. The van der Waals surface area contributed by atoms with Crippen LogP contribution >= 0.6 is 15.9 Å². The van der Waals surface area contributed by atoms with Crippen molar-refractivity contribution in [2.75, 3.05) is 5.32 Å². The molecule has 0 fully saturated rings. The van der Waals surface area contributed by atoms with E-state index in [4.69, 9.17) is 4.52 Å². The average Bonchev–Trinajstić information content (AvgIpc) is 2.78. The maximum Gasteiger partial charge on any atom is 0.282 e. The van der Waals surface area contributed by atoms with E-state index in [0.29, 0.717) is 22.5 Å². The van der Waals surface area contributed by atoms with Gasteiger partial charge in [-0.1, -0.05) is 5.16 Å². The van der Waals surface area contributed by atoms with Crippen molar-refractivity contribution in [3.8, 4) is 0 Å². The Bertz CT molecular complexity index is 535. The van der Waals surface area contributed by atoms with Gasteiger partial charge in [0, 0.05) is 13.1 Å². The van der Waals surface area contributed by atoms with Crippen molar-refractivity contribution in [1.29, 1.82) is 0 Å². The van der Waals surface area contributed by atoms with E-state index in [1.807, 2.05) is 0 Å². The van der Waals surface area contributed by atoms with E-state index in [-0.39, 0.29) is 5.56 Å². The molecule has 1 N–H and O–H groups in total. The van der Waals surface area contributed by atoms with Gasteiger partial charge in [0.25, 0.3) is 5.56 Å². The van der Waals surface area contributed by atoms with E-state index in [1.165, 1.54) is 4.68 Å². The first-order valence-corrected chi connectivity index (χ1v) is 5.33. The molecule has 2 aromatic rings. The van der Waals surface area contributed by atoms with Crippen LogP contribution < -0.4 is 10.9 Å². The Morgan fingerprint density at radius 2 is 2.44 bits per heavy atom. The van der Waals surface area contributed by atoms with Crippen LogP contribution in [-0.2, 0) is 13.6 Å². The van der Waals surface area contributed by atoms with Crippen molar-refractivity contribution in [1.82, 2.24) is 14.9 Å². The van der Waals surface area contributed by atoms with Gasteiger partial charge in [0.05, 0.1) is 24.6 Å². The summed E-state index contributed by atoms with van der Waals surface area (Å²) < 4.78 is 6.62. The van der Waals surface area contributed by atoms with E-state index in [1.54, 1.807) is 25.5 Å². The van der Waals surface area contributed by atoms with E-state index >= 15 is 0 Å². The number of rotatable bonds is 3. The lowest BCUT2D eigenvalue weighted by Gasteiger charge is -2.06. The monoisotopic (exact) mass is 284 g/mol. The van der Waals surface area contributed by atoms with Crippen molar-refractivity contribution in [2.24, 2.45) is 7.05 Å². The Balaban J connectivity index is 2.16. The Morgan fingerprint density at radius 3 is 3.12 bits per heavy atom. The Hall–Kier alpha value is -1.63. The standard InChI is InChI=1S/C9H9BrN4O2/c1-14-9(15)8(10)7(5-12-14)11-4-6-2-3-13-16-6/h2-3,5,11H,4H2,1H3. The predicted octanol–water partition coefficient (Wildman–Crippen LogP) is 1.14. The zero-order valence-corrected chi connectivity index (χ0v) is 10.1. The minimum atomic E-state index is -0.192. The highest BCUT2D eigenvalue weighted by Gasteiger charge is 2.06. The first-order chi connectivity index (χ1) is 7.68. The van der Waals surface area contributed by atoms with Crippen LogP contribution in [-0.4, -0.2) is 14.9 Å². The number of aromatic nitrogens is 3. The molecule has 0 amide bonds. The van der Waals surface area contributed by atoms with Gasteiger partial charge in [-0.15, -0.1) is 0 Å². The van der Waals surface area contributed by atoms with E-state index in [0.717, 1.165) is 0 Å². The van der Waals surface area contributed by atoms with Crippen LogP contribution in [0.3, 0.4) is 0 Å².